The first kappa shape index (κ1) is 14.3. The predicted octanol–water partition coefficient (Wildman–Crippen LogP) is 1.91. The average Bonchev–Trinajstić information content (AvgIpc) is 2.30. The zero-order chi connectivity index (χ0) is 12.7. The van der Waals surface area contributed by atoms with Crippen molar-refractivity contribution < 1.29 is 22.7 Å². The van der Waals surface area contributed by atoms with Crippen LogP contribution in [-0.4, -0.2) is 38.8 Å². The van der Waals surface area contributed by atoms with Crippen LogP contribution in [0.4, 0.5) is 4.79 Å². The Hall–Kier alpha value is -0.780. The molecule has 1 aliphatic rings. The topological polar surface area (TPSA) is 69.7 Å². The Bertz CT molecular complexity index is 330. The highest BCUT2D eigenvalue weighted by molar-refractivity contribution is 7.92. The number of hydrogen-bond acceptors (Lipinski definition) is 5. The van der Waals surface area contributed by atoms with Crippen LogP contribution in [0.25, 0.3) is 0 Å². The summed E-state index contributed by atoms with van der Waals surface area (Å²) in [6, 6.07) is 0. The van der Waals surface area contributed by atoms with Crippen LogP contribution in [0, 0.1) is 0 Å². The van der Waals surface area contributed by atoms with Gasteiger partial charge < -0.3 is 9.47 Å². The number of hydrogen-bond donors (Lipinski definition) is 0. The van der Waals surface area contributed by atoms with Crippen LogP contribution >= 0.6 is 0 Å². The highest BCUT2D eigenvalue weighted by Gasteiger charge is 2.27. The predicted molar refractivity (Wildman–Crippen MR) is 63.6 cm³/mol. The van der Waals surface area contributed by atoms with Crippen molar-refractivity contribution in [3.8, 4) is 0 Å². The second kappa shape index (κ2) is 6.83. The molecule has 0 aliphatic heterocycles. The van der Waals surface area contributed by atoms with E-state index in [2.05, 4.69) is 9.47 Å². The molecule has 5 nitrogen and oxygen atoms in total. The van der Waals surface area contributed by atoms with Crippen LogP contribution < -0.4 is 0 Å². The second-order valence-electron chi connectivity index (χ2n) is 4.16. The largest absolute Gasteiger partial charge is 0.508 e. The average molecular weight is 264 g/mol. The highest BCUT2D eigenvalue weighted by Crippen LogP contribution is 2.24. The van der Waals surface area contributed by atoms with E-state index in [0.29, 0.717) is 0 Å². The molecule has 6 heteroatoms. The molecule has 17 heavy (non-hydrogen) atoms. The number of carbonyl (C=O) groups is 1. The molecule has 0 spiro atoms. The lowest BCUT2D eigenvalue weighted by atomic mass is 10.0. The molecule has 0 heterocycles. The van der Waals surface area contributed by atoms with Crippen molar-refractivity contribution in [2.24, 2.45) is 0 Å². The van der Waals surface area contributed by atoms with Crippen LogP contribution in [-0.2, 0) is 19.3 Å². The van der Waals surface area contributed by atoms with Crippen LogP contribution in [0.3, 0.4) is 0 Å². The van der Waals surface area contributed by atoms with E-state index in [9.17, 15) is 13.2 Å². The first-order valence-corrected chi connectivity index (χ1v) is 7.79. The Labute approximate surface area is 102 Å². The van der Waals surface area contributed by atoms with E-state index in [1.165, 1.54) is 0 Å². The summed E-state index contributed by atoms with van der Waals surface area (Å²) in [6.45, 7) is 1.78. The van der Waals surface area contributed by atoms with Gasteiger partial charge in [-0.2, -0.15) is 0 Å². The molecule has 100 valence electrons. The Kier molecular flexibility index (Phi) is 5.74. The minimum Gasteiger partial charge on any atom is -0.435 e. The minimum atomic E-state index is -3.13. The molecule has 1 rings (SSSR count). The van der Waals surface area contributed by atoms with Crippen LogP contribution in [0.1, 0.15) is 39.0 Å². The van der Waals surface area contributed by atoms with Gasteiger partial charge in [-0.25, -0.2) is 13.2 Å². The summed E-state index contributed by atoms with van der Waals surface area (Å²) in [5.74, 6) is -0.101. The molecule has 0 aromatic heterocycles. The van der Waals surface area contributed by atoms with Crippen LogP contribution in [0.5, 0.6) is 0 Å². The number of carbonyl (C=O) groups excluding carboxylic acids is 1. The third-order valence-electron chi connectivity index (χ3n) is 2.91. The van der Waals surface area contributed by atoms with Gasteiger partial charge in [-0.05, 0) is 19.8 Å². The molecule has 0 aromatic rings. The van der Waals surface area contributed by atoms with E-state index < -0.39 is 16.0 Å². The molecule has 1 aliphatic carbocycles. The van der Waals surface area contributed by atoms with E-state index in [4.69, 9.17) is 0 Å². The Morgan fingerprint density at radius 2 is 1.82 bits per heavy atom. The quantitative estimate of drug-likeness (QED) is 0.709. The Morgan fingerprint density at radius 3 is 2.41 bits per heavy atom. The van der Waals surface area contributed by atoms with E-state index in [0.717, 1.165) is 32.1 Å². The molecule has 1 fully saturated rings. The molecule has 0 unspecified atom stereocenters. The summed E-state index contributed by atoms with van der Waals surface area (Å²) >= 11 is 0. The van der Waals surface area contributed by atoms with Gasteiger partial charge in [0.05, 0.1) is 17.6 Å². The van der Waals surface area contributed by atoms with Crippen LogP contribution in [0.15, 0.2) is 0 Å². The van der Waals surface area contributed by atoms with Crippen molar-refractivity contribution in [2.75, 3.05) is 19.0 Å². The smallest absolute Gasteiger partial charge is 0.435 e. The molecule has 0 bridgehead atoms. The SMILES string of the molecule is CCOC(=O)OCCS(=O)(=O)C1CCCCC1. The van der Waals surface area contributed by atoms with Crippen molar-refractivity contribution in [1.29, 1.82) is 0 Å². The first-order valence-electron chi connectivity index (χ1n) is 6.07. The van der Waals surface area contributed by atoms with Gasteiger partial charge >= 0.3 is 6.16 Å². The van der Waals surface area contributed by atoms with Gasteiger partial charge in [0.15, 0.2) is 9.84 Å². The fraction of sp³-hybridized carbons (Fsp3) is 0.909. The lowest BCUT2D eigenvalue weighted by Crippen LogP contribution is -2.28. The third-order valence-corrected chi connectivity index (χ3v) is 5.13. The van der Waals surface area contributed by atoms with E-state index in [1.54, 1.807) is 6.92 Å². The monoisotopic (exact) mass is 264 g/mol. The zero-order valence-corrected chi connectivity index (χ0v) is 11.0. The van der Waals surface area contributed by atoms with Gasteiger partial charge in [0.25, 0.3) is 0 Å². The molecule has 0 amide bonds. The zero-order valence-electron chi connectivity index (χ0n) is 10.2. The molecule has 0 aromatic carbocycles. The van der Waals surface area contributed by atoms with E-state index in [-0.39, 0.29) is 24.2 Å². The molecular weight excluding hydrogens is 244 g/mol. The minimum absolute atomic E-state index is 0.101. The maximum Gasteiger partial charge on any atom is 0.508 e. The molecular formula is C11H20O5S. The van der Waals surface area contributed by atoms with Crippen molar-refractivity contribution in [2.45, 2.75) is 44.3 Å². The van der Waals surface area contributed by atoms with Crippen molar-refractivity contribution in [3.05, 3.63) is 0 Å². The van der Waals surface area contributed by atoms with Gasteiger partial charge in [-0.15, -0.1) is 0 Å². The summed E-state index contributed by atoms with van der Waals surface area (Å²) in [6.07, 6.45) is 3.74. The third kappa shape index (κ3) is 4.93. The molecule has 0 atom stereocenters. The van der Waals surface area contributed by atoms with Gasteiger partial charge in [0.2, 0.25) is 0 Å². The summed E-state index contributed by atoms with van der Waals surface area (Å²) in [7, 11) is -3.13. The van der Waals surface area contributed by atoms with Gasteiger partial charge in [0, 0.05) is 0 Å². The van der Waals surface area contributed by atoms with Crippen molar-refractivity contribution in [3.63, 3.8) is 0 Å². The van der Waals surface area contributed by atoms with Crippen molar-refractivity contribution in [1.82, 2.24) is 0 Å². The molecule has 1 saturated carbocycles. The number of sulfone groups is 1. The fourth-order valence-electron chi connectivity index (χ4n) is 1.99. The molecule has 0 radical (unpaired) electrons. The molecule has 0 N–H and O–H groups in total. The summed E-state index contributed by atoms with van der Waals surface area (Å²) in [5.41, 5.74) is 0. The van der Waals surface area contributed by atoms with Crippen molar-refractivity contribution >= 4 is 16.0 Å². The maximum atomic E-state index is 11.9. The summed E-state index contributed by atoms with van der Waals surface area (Å²) < 4.78 is 33.0. The van der Waals surface area contributed by atoms with Gasteiger partial charge in [0.1, 0.15) is 6.61 Å². The molecule has 0 saturated heterocycles. The summed E-state index contributed by atoms with van der Waals surface area (Å²) in [5, 5.41) is -0.248. The van der Waals surface area contributed by atoms with Gasteiger partial charge in [-0.3, -0.25) is 0 Å². The fourth-order valence-corrected chi connectivity index (χ4v) is 3.69. The van der Waals surface area contributed by atoms with Crippen LogP contribution in [0.2, 0.25) is 0 Å². The Morgan fingerprint density at radius 1 is 1.18 bits per heavy atom. The summed E-state index contributed by atoms with van der Waals surface area (Å²) in [4.78, 5) is 10.9. The normalized spacial score (nSPS) is 17.7. The Balaban J connectivity index is 2.31. The van der Waals surface area contributed by atoms with E-state index >= 15 is 0 Å². The lowest BCUT2D eigenvalue weighted by molar-refractivity contribution is 0.0635. The standard InChI is InChI=1S/C11H20O5S/c1-2-15-11(12)16-8-9-17(13,14)10-6-4-3-5-7-10/h10H,2-9H2,1H3. The number of ether oxygens (including phenoxy) is 2. The van der Waals surface area contributed by atoms with E-state index in [1.807, 2.05) is 0 Å². The van der Waals surface area contributed by atoms with Gasteiger partial charge in [-0.1, -0.05) is 19.3 Å². The first-order chi connectivity index (χ1) is 8.06. The number of rotatable bonds is 5. The maximum absolute atomic E-state index is 11.9. The highest BCUT2D eigenvalue weighted by atomic mass is 32.2. The second-order valence-corrected chi connectivity index (χ2v) is 6.56. The lowest BCUT2D eigenvalue weighted by Gasteiger charge is -2.21.